The number of likely N-dealkylation sites (tertiary alicyclic amines) is 1. The van der Waals surface area contributed by atoms with Crippen LogP contribution in [0.15, 0.2) is 12.7 Å². The zero-order chi connectivity index (χ0) is 31.8. The van der Waals surface area contributed by atoms with Crippen LogP contribution >= 0.6 is 0 Å². The van der Waals surface area contributed by atoms with Crippen LogP contribution in [-0.4, -0.2) is 83.9 Å². The second kappa shape index (κ2) is 14.6. The highest BCUT2D eigenvalue weighted by atomic mass is 16.6. The first-order valence-corrected chi connectivity index (χ1v) is 14.8. The number of ether oxygens (including phenoxy) is 2. The van der Waals surface area contributed by atoms with Gasteiger partial charge in [-0.05, 0) is 64.2 Å². The number of ketones is 1. The van der Waals surface area contributed by atoms with Crippen molar-refractivity contribution in [3.63, 3.8) is 0 Å². The number of alkyl carbamates (subject to hydrolysis) is 1. The van der Waals surface area contributed by atoms with Gasteiger partial charge in [-0.25, -0.2) is 4.79 Å². The van der Waals surface area contributed by atoms with Crippen molar-refractivity contribution >= 4 is 35.6 Å². The molecule has 42 heavy (non-hydrogen) atoms. The number of Topliss-reactive ketones (excluding diaryl/α,β-unsaturated/α-hetero) is 1. The predicted octanol–water partition coefficient (Wildman–Crippen LogP) is 2.25. The van der Waals surface area contributed by atoms with Crippen LogP contribution in [0.4, 0.5) is 4.79 Å². The van der Waals surface area contributed by atoms with Crippen molar-refractivity contribution < 1.29 is 38.2 Å². The van der Waals surface area contributed by atoms with E-state index in [0.29, 0.717) is 13.0 Å². The lowest BCUT2D eigenvalue weighted by Gasteiger charge is -2.33. The number of nitrogens with one attached hydrogen (secondary N) is 3. The quantitative estimate of drug-likeness (QED) is 0.148. The summed E-state index contributed by atoms with van der Waals surface area (Å²) in [7, 11) is 0. The van der Waals surface area contributed by atoms with Crippen LogP contribution in [0.3, 0.4) is 0 Å². The lowest BCUT2D eigenvalue weighted by Crippen LogP contribution is -2.58. The molecular weight excluding hydrogens is 544 g/mol. The molecule has 12 nitrogen and oxygen atoms in total. The molecule has 12 heteroatoms. The number of esters is 1. The molecule has 5 unspecified atom stereocenters. The van der Waals surface area contributed by atoms with Gasteiger partial charge in [0, 0.05) is 19.5 Å². The van der Waals surface area contributed by atoms with Crippen LogP contribution in [-0.2, 0) is 33.4 Å². The van der Waals surface area contributed by atoms with E-state index in [9.17, 15) is 28.8 Å². The Morgan fingerprint density at radius 3 is 2.29 bits per heavy atom. The smallest absolute Gasteiger partial charge is 0.407 e. The lowest BCUT2D eigenvalue weighted by molar-refractivity contribution is -0.155. The van der Waals surface area contributed by atoms with Crippen molar-refractivity contribution in [3.05, 3.63) is 12.7 Å². The van der Waals surface area contributed by atoms with Crippen molar-refractivity contribution in [2.45, 2.75) is 104 Å². The largest absolute Gasteiger partial charge is 0.460 e. The van der Waals surface area contributed by atoms with E-state index >= 15 is 0 Å². The summed E-state index contributed by atoms with van der Waals surface area (Å²) in [5, 5.41) is 7.77. The molecular formula is C30H48N4O8. The molecule has 1 aliphatic heterocycles. The summed E-state index contributed by atoms with van der Waals surface area (Å²) in [6.45, 7) is 16.8. The Hall–Kier alpha value is -3.44. The van der Waals surface area contributed by atoms with E-state index in [0.717, 1.165) is 0 Å². The van der Waals surface area contributed by atoms with Crippen molar-refractivity contribution in [1.82, 2.24) is 20.9 Å². The maximum absolute atomic E-state index is 13.9. The van der Waals surface area contributed by atoms with Gasteiger partial charge in [0.05, 0.1) is 12.6 Å². The molecule has 5 atom stereocenters. The van der Waals surface area contributed by atoms with E-state index in [1.165, 1.54) is 11.0 Å². The van der Waals surface area contributed by atoms with Gasteiger partial charge in [0.25, 0.3) is 5.91 Å². The minimum absolute atomic E-state index is 0.0441. The minimum Gasteiger partial charge on any atom is -0.460 e. The second-order valence-corrected chi connectivity index (χ2v) is 12.5. The van der Waals surface area contributed by atoms with Crippen LogP contribution in [0.2, 0.25) is 0 Å². The molecule has 0 aromatic heterocycles. The van der Waals surface area contributed by atoms with Gasteiger partial charge in [0.1, 0.15) is 17.7 Å². The molecule has 0 aromatic rings. The highest BCUT2D eigenvalue weighted by Gasteiger charge is 2.69. The number of carbonyl (C=O) groups excluding carboxylic acids is 6. The third kappa shape index (κ3) is 9.03. The molecule has 2 fully saturated rings. The van der Waals surface area contributed by atoms with Gasteiger partial charge in [0.15, 0.2) is 0 Å². The van der Waals surface area contributed by atoms with Crippen LogP contribution in [0.5, 0.6) is 0 Å². The highest BCUT2D eigenvalue weighted by Crippen LogP contribution is 2.64. The van der Waals surface area contributed by atoms with Crippen molar-refractivity contribution in [3.8, 4) is 0 Å². The number of fused-ring (bicyclic) bond motifs is 1. The topological polar surface area (TPSA) is 160 Å². The van der Waals surface area contributed by atoms with Crippen LogP contribution < -0.4 is 16.0 Å². The fourth-order valence-corrected chi connectivity index (χ4v) is 5.65. The summed E-state index contributed by atoms with van der Waals surface area (Å²) in [5.74, 6) is -3.10. The van der Waals surface area contributed by atoms with E-state index in [1.807, 2.05) is 20.8 Å². The van der Waals surface area contributed by atoms with Gasteiger partial charge in [-0.15, -0.1) is 6.58 Å². The minimum atomic E-state index is -1.05. The number of amides is 4. The molecule has 1 saturated carbocycles. The van der Waals surface area contributed by atoms with Crippen molar-refractivity contribution in [1.29, 1.82) is 0 Å². The first-order valence-electron chi connectivity index (χ1n) is 14.8. The fourth-order valence-electron chi connectivity index (χ4n) is 5.65. The molecule has 3 N–H and O–H groups in total. The Labute approximate surface area is 248 Å². The summed E-state index contributed by atoms with van der Waals surface area (Å²) in [5.41, 5.74) is -0.853. The first kappa shape index (κ1) is 34.8. The normalized spacial score (nSPS) is 21.7. The molecule has 0 radical (unpaired) electrons. The lowest BCUT2D eigenvalue weighted by atomic mass is 9.98. The van der Waals surface area contributed by atoms with Gasteiger partial charge in [-0.2, -0.15) is 0 Å². The Bertz CT molecular complexity index is 1050. The van der Waals surface area contributed by atoms with Gasteiger partial charge in [-0.1, -0.05) is 33.3 Å². The highest BCUT2D eigenvalue weighted by molar-refractivity contribution is 6.38. The molecule has 2 rings (SSSR count). The first-order chi connectivity index (χ1) is 19.6. The van der Waals surface area contributed by atoms with E-state index < -0.39 is 59.3 Å². The summed E-state index contributed by atoms with van der Waals surface area (Å²) in [6.07, 6.45) is 1.89. The molecule has 1 aliphatic carbocycles. The predicted molar refractivity (Wildman–Crippen MR) is 155 cm³/mol. The van der Waals surface area contributed by atoms with Gasteiger partial charge in [0.2, 0.25) is 17.6 Å². The average Bonchev–Trinajstić information content (AvgIpc) is 3.22. The molecule has 1 saturated heterocycles. The number of piperidine rings is 1. The molecule has 236 valence electrons. The third-order valence-electron chi connectivity index (χ3n) is 7.76. The van der Waals surface area contributed by atoms with Crippen LogP contribution in [0.1, 0.15) is 80.6 Å². The third-order valence-corrected chi connectivity index (χ3v) is 7.76. The van der Waals surface area contributed by atoms with E-state index in [1.54, 1.807) is 27.7 Å². The van der Waals surface area contributed by atoms with Crippen molar-refractivity contribution in [2.24, 2.45) is 17.3 Å². The number of hydrogen-bond acceptors (Lipinski definition) is 8. The number of nitrogens with zero attached hydrogens (tertiary/aromatic N) is 1. The summed E-state index contributed by atoms with van der Waals surface area (Å²) < 4.78 is 10.3. The summed E-state index contributed by atoms with van der Waals surface area (Å²) >= 11 is 0. The second-order valence-electron chi connectivity index (χ2n) is 12.5. The molecule has 1 heterocycles. The van der Waals surface area contributed by atoms with Gasteiger partial charge >= 0.3 is 12.1 Å². The van der Waals surface area contributed by atoms with Gasteiger partial charge < -0.3 is 30.3 Å². The van der Waals surface area contributed by atoms with Crippen molar-refractivity contribution in [2.75, 3.05) is 19.7 Å². The van der Waals surface area contributed by atoms with Gasteiger partial charge in [-0.3, -0.25) is 24.0 Å². The molecule has 0 bridgehead atoms. The standard InChI is InChI=1S/C30H48N4O8/c1-9-13-19(24(36)26(38)31-16-10-2)32-25(37)23-22-18(30(22,7)8)17-34(23)27(39)20(33-28(40)41-11-3)14-12-15-21(35)42-29(4,5)6/h10,18-20,22-23H,2,9,11-17H2,1,3-8H3,(H,31,38)(H,32,37)(H,33,40). The SMILES string of the molecule is C=CCNC(=O)C(=O)C(CCC)NC(=O)C1C2C(CN1C(=O)C(CCCC(=O)OC(C)(C)C)NC(=O)OCC)C2(C)C. The fraction of sp³-hybridized carbons (Fsp3) is 0.733. The molecule has 0 aromatic carbocycles. The summed E-state index contributed by atoms with van der Waals surface area (Å²) in [6, 6.07) is -2.98. The Kier molecular flexibility index (Phi) is 12.1. The zero-order valence-corrected chi connectivity index (χ0v) is 26.0. The number of carbonyl (C=O) groups is 6. The van der Waals surface area contributed by atoms with E-state index in [4.69, 9.17) is 9.47 Å². The maximum atomic E-state index is 13.9. The van der Waals surface area contributed by atoms with E-state index in [-0.39, 0.29) is 56.1 Å². The van der Waals surface area contributed by atoms with Crippen LogP contribution in [0, 0.1) is 17.3 Å². The van der Waals surface area contributed by atoms with Crippen LogP contribution in [0.25, 0.3) is 0 Å². The zero-order valence-electron chi connectivity index (χ0n) is 26.0. The average molecular weight is 593 g/mol. The maximum Gasteiger partial charge on any atom is 0.407 e. The van der Waals surface area contributed by atoms with E-state index in [2.05, 4.69) is 22.5 Å². The molecule has 0 spiro atoms. The molecule has 2 aliphatic rings. The Morgan fingerprint density at radius 1 is 1.05 bits per heavy atom. The number of rotatable bonds is 15. The Morgan fingerprint density at radius 2 is 1.71 bits per heavy atom. The summed E-state index contributed by atoms with van der Waals surface area (Å²) in [4.78, 5) is 78.8. The monoisotopic (exact) mass is 592 g/mol. The number of hydrogen-bond donors (Lipinski definition) is 3. The Balaban J connectivity index is 2.24. The molecule has 4 amide bonds.